The van der Waals surface area contributed by atoms with Crippen molar-refractivity contribution in [1.82, 2.24) is 10.0 Å². The van der Waals surface area contributed by atoms with Gasteiger partial charge >= 0.3 is 5.97 Å². The van der Waals surface area contributed by atoms with Gasteiger partial charge in [0.05, 0.1) is 4.90 Å². The van der Waals surface area contributed by atoms with Crippen LogP contribution in [-0.4, -0.2) is 32.4 Å². The van der Waals surface area contributed by atoms with Crippen LogP contribution in [0.1, 0.15) is 31.4 Å². The number of rotatable bonds is 8. The van der Waals surface area contributed by atoms with Crippen molar-refractivity contribution in [2.24, 2.45) is 0 Å². The number of halogens is 1. The Balaban J connectivity index is 1.71. The molecule has 2 atom stereocenters. The van der Waals surface area contributed by atoms with Gasteiger partial charge in [-0.1, -0.05) is 41.9 Å². The zero-order chi connectivity index (χ0) is 21.0. The van der Waals surface area contributed by atoms with E-state index in [1.807, 2.05) is 0 Å². The number of carbonyl (C=O) groups is 2. The molecule has 7 nitrogen and oxygen atoms in total. The van der Waals surface area contributed by atoms with Crippen LogP contribution in [0.3, 0.4) is 0 Å². The fraction of sp³-hybridized carbons (Fsp3) is 0.300. The Morgan fingerprint density at radius 1 is 1.07 bits per heavy atom. The number of esters is 1. The summed E-state index contributed by atoms with van der Waals surface area (Å²) in [6.45, 7) is 1.36. The topological polar surface area (TPSA) is 102 Å². The number of sulfonamides is 1. The molecule has 0 aromatic heterocycles. The van der Waals surface area contributed by atoms with Gasteiger partial charge in [-0.15, -0.1) is 0 Å². The smallest absolute Gasteiger partial charge is 0.325 e. The Bertz CT molecular complexity index is 976. The number of hydrogen-bond donors (Lipinski definition) is 2. The van der Waals surface area contributed by atoms with Crippen molar-refractivity contribution < 1.29 is 22.7 Å². The zero-order valence-corrected chi connectivity index (χ0v) is 17.2. The SMILES string of the molecule is C[C@H](NS(=O)(=O)c1ccc(Cl)cc1)C(=O)OC(C(=O)NC1CC1)c1ccccc1. The van der Waals surface area contributed by atoms with Crippen LogP contribution in [0.2, 0.25) is 5.02 Å². The van der Waals surface area contributed by atoms with Crippen molar-refractivity contribution >= 4 is 33.5 Å². The minimum absolute atomic E-state index is 0.0346. The first-order chi connectivity index (χ1) is 13.8. The maximum absolute atomic E-state index is 12.6. The van der Waals surface area contributed by atoms with Gasteiger partial charge in [-0.05, 0) is 44.0 Å². The lowest BCUT2D eigenvalue weighted by Crippen LogP contribution is -2.42. The summed E-state index contributed by atoms with van der Waals surface area (Å²) in [5, 5.41) is 3.20. The lowest BCUT2D eigenvalue weighted by Gasteiger charge is -2.20. The third kappa shape index (κ3) is 5.79. The molecule has 1 unspecified atom stereocenters. The molecule has 1 amide bonds. The van der Waals surface area contributed by atoms with Gasteiger partial charge in [0.15, 0.2) is 0 Å². The average Bonchev–Trinajstić information content (AvgIpc) is 3.50. The van der Waals surface area contributed by atoms with Gasteiger partial charge in [-0.25, -0.2) is 8.42 Å². The van der Waals surface area contributed by atoms with E-state index < -0.39 is 34.0 Å². The van der Waals surface area contributed by atoms with E-state index in [4.69, 9.17) is 16.3 Å². The largest absolute Gasteiger partial charge is 0.446 e. The lowest BCUT2D eigenvalue weighted by molar-refractivity contribution is -0.157. The van der Waals surface area contributed by atoms with Crippen molar-refractivity contribution in [3.05, 3.63) is 65.2 Å². The molecule has 1 saturated carbocycles. The average molecular weight is 437 g/mol. The van der Waals surface area contributed by atoms with Crippen LogP contribution in [0.15, 0.2) is 59.5 Å². The summed E-state index contributed by atoms with van der Waals surface area (Å²) in [5.74, 6) is -1.29. The van der Waals surface area contributed by atoms with Gasteiger partial charge < -0.3 is 10.1 Å². The highest BCUT2D eigenvalue weighted by Crippen LogP contribution is 2.23. The van der Waals surface area contributed by atoms with Gasteiger partial charge in [0.1, 0.15) is 6.04 Å². The Morgan fingerprint density at radius 2 is 1.69 bits per heavy atom. The molecule has 0 aliphatic heterocycles. The van der Waals surface area contributed by atoms with Crippen molar-refractivity contribution in [2.45, 2.75) is 42.8 Å². The first-order valence-corrected chi connectivity index (χ1v) is 11.0. The van der Waals surface area contributed by atoms with E-state index in [1.165, 1.54) is 31.2 Å². The van der Waals surface area contributed by atoms with Crippen LogP contribution in [0.25, 0.3) is 0 Å². The molecule has 1 aliphatic carbocycles. The molecule has 1 aliphatic rings. The molecule has 0 saturated heterocycles. The molecule has 0 heterocycles. The highest BCUT2D eigenvalue weighted by Gasteiger charge is 2.32. The highest BCUT2D eigenvalue weighted by atomic mass is 35.5. The molecular formula is C20H21ClN2O5S. The van der Waals surface area contributed by atoms with Crippen LogP contribution in [-0.2, 0) is 24.3 Å². The van der Waals surface area contributed by atoms with E-state index in [0.717, 1.165) is 12.8 Å². The Hall–Kier alpha value is -2.42. The normalized spacial score (nSPS) is 15.9. The molecule has 2 N–H and O–H groups in total. The van der Waals surface area contributed by atoms with Crippen molar-refractivity contribution in [3.63, 3.8) is 0 Å². The molecule has 2 aromatic rings. The number of benzene rings is 2. The number of nitrogens with one attached hydrogen (secondary N) is 2. The van der Waals surface area contributed by atoms with E-state index in [1.54, 1.807) is 30.3 Å². The summed E-state index contributed by atoms with van der Waals surface area (Å²) in [4.78, 5) is 25.1. The second kappa shape index (κ2) is 8.94. The van der Waals surface area contributed by atoms with Crippen LogP contribution in [0, 0.1) is 0 Å². The molecule has 0 bridgehead atoms. The lowest BCUT2D eigenvalue weighted by atomic mass is 10.1. The summed E-state index contributed by atoms with van der Waals surface area (Å²) in [5.41, 5.74) is 0.506. The first-order valence-electron chi connectivity index (χ1n) is 9.10. The van der Waals surface area contributed by atoms with E-state index >= 15 is 0 Å². The molecular weight excluding hydrogens is 416 g/mol. The minimum atomic E-state index is -3.96. The van der Waals surface area contributed by atoms with Gasteiger partial charge in [-0.2, -0.15) is 4.72 Å². The molecule has 9 heteroatoms. The third-order valence-corrected chi connectivity index (χ3v) is 6.12. The van der Waals surface area contributed by atoms with E-state index in [-0.39, 0.29) is 10.9 Å². The quantitative estimate of drug-likeness (QED) is 0.619. The number of carbonyl (C=O) groups excluding carboxylic acids is 2. The Kier molecular flexibility index (Phi) is 6.56. The van der Waals surface area contributed by atoms with Crippen LogP contribution < -0.4 is 10.0 Å². The van der Waals surface area contributed by atoms with Crippen LogP contribution in [0.5, 0.6) is 0 Å². The molecule has 3 rings (SSSR count). The van der Waals surface area contributed by atoms with Crippen molar-refractivity contribution in [3.8, 4) is 0 Å². The number of hydrogen-bond acceptors (Lipinski definition) is 5. The Labute approximate surface area is 174 Å². The molecule has 0 spiro atoms. The number of amides is 1. The second-order valence-electron chi connectivity index (χ2n) is 6.81. The predicted octanol–water partition coefficient (Wildman–Crippen LogP) is 2.57. The minimum Gasteiger partial charge on any atom is -0.446 e. The Morgan fingerprint density at radius 3 is 2.28 bits per heavy atom. The molecule has 29 heavy (non-hydrogen) atoms. The zero-order valence-electron chi connectivity index (χ0n) is 15.7. The number of ether oxygens (including phenoxy) is 1. The predicted molar refractivity (Wildman–Crippen MR) is 108 cm³/mol. The molecule has 154 valence electrons. The molecule has 2 aromatic carbocycles. The fourth-order valence-electron chi connectivity index (χ4n) is 2.59. The van der Waals surface area contributed by atoms with Gasteiger partial charge in [0.25, 0.3) is 5.91 Å². The summed E-state index contributed by atoms with van der Waals surface area (Å²) in [6.07, 6.45) is 0.614. The van der Waals surface area contributed by atoms with E-state index in [0.29, 0.717) is 10.6 Å². The van der Waals surface area contributed by atoms with Crippen molar-refractivity contribution in [2.75, 3.05) is 0 Å². The van der Waals surface area contributed by atoms with Crippen LogP contribution in [0.4, 0.5) is 0 Å². The summed E-state index contributed by atoms with van der Waals surface area (Å²) >= 11 is 5.78. The van der Waals surface area contributed by atoms with E-state index in [2.05, 4.69) is 10.0 Å². The summed E-state index contributed by atoms with van der Waals surface area (Å²) in [7, 11) is -3.96. The fourth-order valence-corrected chi connectivity index (χ4v) is 3.90. The van der Waals surface area contributed by atoms with Crippen LogP contribution >= 0.6 is 11.6 Å². The standard InChI is InChI=1S/C20H21ClN2O5S/c1-13(23-29(26,27)17-11-7-15(21)8-12-17)20(25)28-18(14-5-3-2-4-6-14)19(24)22-16-9-10-16/h2-8,11-13,16,18,23H,9-10H2,1H3,(H,22,24)/t13-,18?/m0/s1. The van der Waals surface area contributed by atoms with E-state index in [9.17, 15) is 18.0 Å². The molecule has 1 fully saturated rings. The third-order valence-electron chi connectivity index (χ3n) is 4.31. The summed E-state index contributed by atoms with van der Waals surface area (Å²) in [6, 6.07) is 13.0. The second-order valence-corrected chi connectivity index (χ2v) is 8.96. The first kappa shape index (κ1) is 21.3. The maximum Gasteiger partial charge on any atom is 0.325 e. The van der Waals surface area contributed by atoms with Gasteiger partial charge in [-0.3, -0.25) is 9.59 Å². The van der Waals surface area contributed by atoms with Gasteiger partial charge in [0.2, 0.25) is 16.1 Å². The monoisotopic (exact) mass is 436 g/mol. The van der Waals surface area contributed by atoms with Gasteiger partial charge in [0, 0.05) is 16.6 Å². The highest BCUT2D eigenvalue weighted by molar-refractivity contribution is 7.89. The molecule has 0 radical (unpaired) electrons. The van der Waals surface area contributed by atoms with Crippen molar-refractivity contribution in [1.29, 1.82) is 0 Å². The maximum atomic E-state index is 12.6. The summed E-state index contributed by atoms with van der Waals surface area (Å²) < 4.78 is 32.6.